The first kappa shape index (κ1) is 30.9. The smallest absolute Gasteiger partial charge is 0.115 e. The van der Waals surface area contributed by atoms with E-state index in [0.29, 0.717) is 51.5 Å². The van der Waals surface area contributed by atoms with Crippen LogP contribution in [0.5, 0.6) is 0 Å². The molecule has 4 aliphatic rings. The maximum atomic E-state index is 10.8. The second-order valence-electron chi connectivity index (χ2n) is 11.9. The standard InChI is InChI=1S/C33H48O7/c1-21-29-9-8-28(16-30(29)33(21,2)3)39-10-11-40-32-26(19-37-6)14-23(15-27(32)20-38-7)22-12-24(17-35-4)31(34)25(13-22)18-36-5/h8,12-16,21,24,26,29,31-32,34H,9-11,17-20H2,1-7H3. The summed E-state index contributed by atoms with van der Waals surface area (Å²) in [5.41, 5.74) is 5.72. The van der Waals surface area contributed by atoms with Gasteiger partial charge in [0.2, 0.25) is 0 Å². The summed E-state index contributed by atoms with van der Waals surface area (Å²) in [4.78, 5) is 0. The van der Waals surface area contributed by atoms with E-state index in [0.717, 1.165) is 34.5 Å². The third kappa shape index (κ3) is 6.56. The van der Waals surface area contributed by atoms with Crippen LogP contribution in [0.2, 0.25) is 0 Å². The highest BCUT2D eigenvalue weighted by atomic mass is 16.5. The Bertz CT molecular complexity index is 1080. The fourth-order valence-corrected chi connectivity index (χ4v) is 6.62. The Labute approximate surface area is 240 Å². The van der Waals surface area contributed by atoms with Crippen molar-refractivity contribution >= 4 is 0 Å². The summed E-state index contributed by atoms with van der Waals surface area (Å²) in [5.74, 6) is 2.16. The number of hydrogen-bond acceptors (Lipinski definition) is 7. The van der Waals surface area contributed by atoms with Crippen LogP contribution in [0.15, 0.2) is 70.1 Å². The second kappa shape index (κ2) is 13.8. The molecule has 7 nitrogen and oxygen atoms in total. The highest BCUT2D eigenvalue weighted by Crippen LogP contribution is 2.58. The first-order chi connectivity index (χ1) is 19.2. The summed E-state index contributed by atoms with van der Waals surface area (Å²) in [5, 5.41) is 10.8. The van der Waals surface area contributed by atoms with Crippen LogP contribution in [0.1, 0.15) is 27.2 Å². The highest BCUT2D eigenvalue weighted by molar-refractivity contribution is 5.54. The van der Waals surface area contributed by atoms with Crippen molar-refractivity contribution in [2.75, 3.05) is 68.1 Å². The first-order valence-corrected chi connectivity index (χ1v) is 14.4. The highest BCUT2D eigenvalue weighted by Gasteiger charge is 2.49. The first-order valence-electron chi connectivity index (χ1n) is 14.4. The normalized spacial score (nSPS) is 31.1. The minimum absolute atomic E-state index is 0.00270. The van der Waals surface area contributed by atoms with Gasteiger partial charge in [0, 0.05) is 40.3 Å². The molecule has 0 saturated heterocycles. The van der Waals surface area contributed by atoms with Gasteiger partial charge in [-0.25, -0.2) is 0 Å². The number of rotatable bonds is 14. The predicted molar refractivity (Wildman–Crippen MR) is 156 cm³/mol. The van der Waals surface area contributed by atoms with Gasteiger partial charge in [0.25, 0.3) is 0 Å². The Balaban J connectivity index is 1.45. The molecule has 0 aromatic carbocycles. The molecule has 6 atom stereocenters. The van der Waals surface area contributed by atoms with Crippen molar-refractivity contribution in [3.63, 3.8) is 0 Å². The molecule has 0 spiro atoms. The van der Waals surface area contributed by atoms with Gasteiger partial charge in [-0.1, -0.05) is 50.6 Å². The van der Waals surface area contributed by atoms with Gasteiger partial charge in [-0.3, -0.25) is 0 Å². The van der Waals surface area contributed by atoms with Crippen molar-refractivity contribution < 1.29 is 33.5 Å². The largest absolute Gasteiger partial charge is 0.492 e. The number of ether oxygens (including phenoxy) is 6. The average Bonchev–Trinajstić information content (AvgIpc) is 2.94. The van der Waals surface area contributed by atoms with Gasteiger partial charge >= 0.3 is 0 Å². The topological polar surface area (TPSA) is 75.6 Å². The summed E-state index contributed by atoms with van der Waals surface area (Å²) in [6.45, 7) is 9.68. The molecular weight excluding hydrogens is 508 g/mol. The number of allylic oxidation sites excluding steroid dienone is 7. The molecule has 0 radical (unpaired) electrons. The van der Waals surface area contributed by atoms with Crippen LogP contribution in [0.3, 0.4) is 0 Å². The minimum Gasteiger partial charge on any atom is -0.492 e. The zero-order valence-electron chi connectivity index (χ0n) is 25.3. The maximum Gasteiger partial charge on any atom is 0.115 e. The Morgan fingerprint density at radius 2 is 1.45 bits per heavy atom. The fraction of sp³-hybridized carbons (Fsp3) is 0.636. The molecule has 4 rings (SSSR count). The lowest BCUT2D eigenvalue weighted by molar-refractivity contribution is -0.00577. The average molecular weight is 557 g/mol. The van der Waals surface area contributed by atoms with E-state index in [1.807, 2.05) is 6.08 Å². The lowest BCUT2D eigenvalue weighted by Gasteiger charge is -2.54. The van der Waals surface area contributed by atoms with Gasteiger partial charge in [-0.05, 0) is 58.1 Å². The Kier molecular flexibility index (Phi) is 10.7. The third-order valence-corrected chi connectivity index (χ3v) is 9.09. The molecule has 1 N–H and O–H groups in total. The van der Waals surface area contributed by atoms with E-state index in [1.54, 1.807) is 28.4 Å². The van der Waals surface area contributed by atoms with Crippen molar-refractivity contribution in [2.45, 2.75) is 39.4 Å². The van der Waals surface area contributed by atoms with E-state index < -0.39 is 6.10 Å². The number of hydrogen-bond donors (Lipinski definition) is 1. The molecule has 7 heteroatoms. The summed E-state index contributed by atoms with van der Waals surface area (Å²) in [7, 11) is 6.70. The molecule has 40 heavy (non-hydrogen) atoms. The maximum absolute atomic E-state index is 10.8. The van der Waals surface area contributed by atoms with Crippen molar-refractivity contribution in [3.05, 3.63) is 70.1 Å². The molecule has 4 aliphatic carbocycles. The van der Waals surface area contributed by atoms with Gasteiger partial charge < -0.3 is 33.5 Å². The lowest BCUT2D eigenvalue weighted by atomic mass is 9.51. The zero-order valence-corrected chi connectivity index (χ0v) is 25.3. The number of aliphatic hydroxyl groups excluding tert-OH is 1. The van der Waals surface area contributed by atoms with E-state index >= 15 is 0 Å². The summed E-state index contributed by atoms with van der Waals surface area (Å²) >= 11 is 0. The van der Waals surface area contributed by atoms with Crippen molar-refractivity contribution in [1.82, 2.24) is 0 Å². The van der Waals surface area contributed by atoms with Gasteiger partial charge in [0.15, 0.2) is 0 Å². The van der Waals surface area contributed by atoms with Crippen LogP contribution in [0.4, 0.5) is 0 Å². The molecule has 0 aliphatic heterocycles. The van der Waals surface area contributed by atoms with Gasteiger partial charge in [0.05, 0.1) is 45.2 Å². The number of aliphatic hydroxyl groups is 1. The van der Waals surface area contributed by atoms with E-state index in [1.165, 1.54) is 5.57 Å². The molecule has 1 fully saturated rings. The van der Waals surface area contributed by atoms with Crippen LogP contribution in [0, 0.1) is 29.1 Å². The second-order valence-corrected chi connectivity index (χ2v) is 11.9. The Morgan fingerprint density at radius 1 is 0.825 bits per heavy atom. The van der Waals surface area contributed by atoms with Gasteiger partial charge in [-0.15, -0.1) is 0 Å². The predicted octanol–water partition coefficient (Wildman–Crippen LogP) is 4.81. The molecule has 0 bridgehead atoms. The van der Waals surface area contributed by atoms with Crippen LogP contribution in [-0.2, 0) is 28.4 Å². The van der Waals surface area contributed by atoms with Crippen molar-refractivity contribution in [2.24, 2.45) is 29.1 Å². The molecule has 0 aromatic rings. The summed E-state index contributed by atoms with van der Waals surface area (Å²) in [6.07, 6.45) is 13.1. The van der Waals surface area contributed by atoms with E-state index in [2.05, 4.69) is 51.2 Å². The van der Waals surface area contributed by atoms with E-state index in [-0.39, 0.29) is 23.4 Å². The SMILES string of the molecule is COCC1=CC(C2=CC(COC)C(OCCOC3=CCC4C(=C3)C(C)(C)C4C)C(COC)=C2)=CC(COC)C1O. The molecule has 6 unspecified atom stereocenters. The van der Waals surface area contributed by atoms with Crippen molar-refractivity contribution in [3.8, 4) is 0 Å². The fourth-order valence-electron chi connectivity index (χ4n) is 6.62. The summed E-state index contributed by atoms with van der Waals surface area (Å²) < 4.78 is 34.5. The molecule has 0 aromatic heterocycles. The number of methoxy groups -OCH3 is 4. The van der Waals surface area contributed by atoms with Crippen molar-refractivity contribution in [1.29, 1.82) is 0 Å². The molecule has 0 heterocycles. The van der Waals surface area contributed by atoms with E-state index in [4.69, 9.17) is 28.4 Å². The summed E-state index contributed by atoms with van der Waals surface area (Å²) in [6, 6.07) is 0. The van der Waals surface area contributed by atoms with Crippen LogP contribution in [0.25, 0.3) is 0 Å². The van der Waals surface area contributed by atoms with Crippen LogP contribution < -0.4 is 0 Å². The lowest BCUT2D eigenvalue weighted by Crippen LogP contribution is -2.45. The monoisotopic (exact) mass is 556 g/mol. The van der Waals surface area contributed by atoms with Crippen LogP contribution >= 0.6 is 0 Å². The Morgan fingerprint density at radius 3 is 2.12 bits per heavy atom. The van der Waals surface area contributed by atoms with E-state index in [9.17, 15) is 5.11 Å². The number of fused-ring (bicyclic) bond motifs is 1. The third-order valence-electron chi connectivity index (χ3n) is 9.09. The molecular formula is C33H48O7. The van der Waals surface area contributed by atoms with Gasteiger partial charge in [0.1, 0.15) is 12.4 Å². The van der Waals surface area contributed by atoms with Gasteiger partial charge in [-0.2, -0.15) is 0 Å². The quantitative estimate of drug-likeness (QED) is 0.308. The minimum atomic E-state index is -0.638. The Hall–Kier alpha value is -2.00. The molecule has 1 saturated carbocycles. The zero-order chi connectivity index (χ0) is 28.9. The molecule has 222 valence electrons. The molecule has 0 amide bonds. The van der Waals surface area contributed by atoms with Crippen LogP contribution in [-0.4, -0.2) is 85.4 Å².